The summed E-state index contributed by atoms with van der Waals surface area (Å²) in [7, 11) is 0. The first-order chi connectivity index (χ1) is 14.7. The van der Waals surface area contributed by atoms with Crippen molar-refractivity contribution in [2.24, 2.45) is 0 Å². The molecule has 2 amide bonds. The Morgan fingerprint density at radius 2 is 1.74 bits per heavy atom. The number of nitrogens with one attached hydrogen (secondary N) is 2. The molecule has 2 N–H and O–H groups in total. The summed E-state index contributed by atoms with van der Waals surface area (Å²) in [6, 6.07) is 17.3. The normalized spacial score (nSPS) is 12.6. The van der Waals surface area contributed by atoms with Gasteiger partial charge >= 0.3 is 0 Å². The Balaban J connectivity index is 1.53. The van der Waals surface area contributed by atoms with Crippen molar-refractivity contribution in [2.45, 2.75) is 26.4 Å². The van der Waals surface area contributed by atoms with Crippen molar-refractivity contribution in [3.05, 3.63) is 76.8 Å². The number of hydrogen-bond acceptors (Lipinski definition) is 4. The molecule has 0 radical (unpaired) electrons. The van der Waals surface area contributed by atoms with Gasteiger partial charge in [0.05, 0.1) is 11.3 Å². The van der Waals surface area contributed by atoms with E-state index in [4.69, 9.17) is 21.1 Å². The second-order valence-electron chi connectivity index (χ2n) is 7.79. The lowest BCUT2D eigenvalue weighted by Gasteiger charge is -2.25. The molecule has 0 fully saturated rings. The molecule has 1 aliphatic rings. The van der Waals surface area contributed by atoms with E-state index in [0.717, 1.165) is 5.56 Å². The Labute approximate surface area is 185 Å². The SMILES string of the molecule is Cc1ccc2c(c1)NC(=O)c1cc(NC(=O)C(C)(C)Oc3ccc(Cl)cc3)ccc1O2. The van der Waals surface area contributed by atoms with Gasteiger partial charge in [-0.25, -0.2) is 0 Å². The Morgan fingerprint density at radius 1 is 1.03 bits per heavy atom. The van der Waals surface area contributed by atoms with E-state index in [-0.39, 0.29) is 11.8 Å². The largest absolute Gasteiger partial charge is 0.478 e. The molecule has 1 aliphatic heterocycles. The third kappa shape index (κ3) is 4.49. The maximum absolute atomic E-state index is 12.8. The molecule has 0 unspecified atom stereocenters. The molecule has 0 aromatic heterocycles. The van der Waals surface area contributed by atoms with Crippen molar-refractivity contribution in [3.8, 4) is 17.2 Å². The number of aryl methyl sites for hydroxylation is 1. The van der Waals surface area contributed by atoms with Crippen molar-refractivity contribution in [2.75, 3.05) is 10.6 Å². The highest BCUT2D eigenvalue weighted by atomic mass is 35.5. The minimum atomic E-state index is -1.16. The van der Waals surface area contributed by atoms with Crippen LogP contribution in [0.15, 0.2) is 60.7 Å². The van der Waals surface area contributed by atoms with Crippen LogP contribution in [0, 0.1) is 6.92 Å². The van der Waals surface area contributed by atoms with E-state index >= 15 is 0 Å². The monoisotopic (exact) mass is 436 g/mol. The molecular weight excluding hydrogens is 416 g/mol. The van der Waals surface area contributed by atoms with E-state index in [1.54, 1.807) is 56.3 Å². The van der Waals surface area contributed by atoms with Gasteiger partial charge in [-0.15, -0.1) is 0 Å². The first-order valence-corrected chi connectivity index (χ1v) is 10.1. The van der Waals surface area contributed by atoms with Crippen LogP contribution in [-0.4, -0.2) is 17.4 Å². The number of fused-ring (bicyclic) bond motifs is 2. The number of benzene rings is 3. The number of halogens is 1. The zero-order chi connectivity index (χ0) is 22.2. The summed E-state index contributed by atoms with van der Waals surface area (Å²) in [5.74, 6) is 0.817. The van der Waals surface area contributed by atoms with Crippen molar-refractivity contribution < 1.29 is 19.1 Å². The summed E-state index contributed by atoms with van der Waals surface area (Å²) in [5, 5.41) is 6.25. The van der Waals surface area contributed by atoms with E-state index in [1.165, 1.54) is 0 Å². The number of hydrogen-bond donors (Lipinski definition) is 2. The van der Waals surface area contributed by atoms with Crippen molar-refractivity contribution >= 4 is 34.8 Å². The summed E-state index contributed by atoms with van der Waals surface area (Å²) >= 11 is 5.89. The van der Waals surface area contributed by atoms with Crippen LogP contribution < -0.4 is 20.1 Å². The van der Waals surface area contributed by atoms with Crippen LogP contribution in [-0.2, 0) is 4.79 Å². The Morgan fingerprint density at radius 3 is 2.48 bits per heavy atom. The van der Waals surface area contributed by atoms with Crippen LogP contribution in [0.1, 0.15) is 29.8 Å². The maximum Gasteiger partial charge on any atom is 0.267 e. The highest BCUT2D eigenvalue weighted by molar-refractivity contribution is 6.30. The molecule has 3 aromatic rings. The van der Waals surface area contributed by atoms with Crippen LogP contribution in [0.5, 0.6) is 17.2 Å². The summed E-state index contributed by atoms with van der Waals surface area (Å²) in [4.78, 5) is 25.6. The molecule has 6 nitrogen and oxygen atoms in total. The van der Waals surface area contributed by atoms with Crippen LogP contribution >= 0.6 is 11.6 Å². The van der Waals surface area contributed by atoms with E-state index in [2.05, 4.69) is 10.6 Å². The first kappa shape index (κ1) is 20.8. The fourth-order valence-electron chi connectivity index (χ4n) is 3.14. The molecule has 0 spiro atoms. The minimum absolute atomic E-state index is 0.313. The standard InChI is InChI=1S/C24H21ClN2O4/c1-14-4-10-21-19(12-14)27-22(28)18-13-16(7-11-20(18)30-21)26-23(29)24(2,3)31-17-8-5-15(25)6-9-17/h4-13H,1-3H3,(H,26,29)(H,27,28). The van der Waals surface area contributed by atoms with Crippen molar-refractivity contribution in [1.29, 1.82) is 0 Å². The number of amides is 2. The van der Waals surface area contributed by atoms with Crippen LogP contribution in [0.25, 0.3) is 0 Å². The van der Waals surface area contributed by atoms with Crippen LogP contribution in [0.2, 0.25) is 5.02 Å². The van der Waals surface area contributed by atoms with Gasteiger partial charge in [0, 0.05) is 10.7 Å². The van der Waals surface area contributed by atoms with Gasteiger partial charge in [0.1, 0.15) is 11.5 Å². The van der Waals surface area contributed by atoms with E-state index < -0.39 is 5.60 Å². The van der Waals surface area contributed by atoms with Crippen molar-refractivity contribution in [1.82, 2.24) is 0 Å². The topological polar surface area (TPSA) is 76.7 Å². The fourth-order valence-corrected chi connectivity index (χ4v) is 3.26. The molecular formula is C24H21ClN2O4. The molecule has 7 heteroatoms. The second-order valence-corrected chi connectivity index (χ2v) is 8.22. The minimum Gasteiger partial charge on any atom is -0.478 e. The van der Waals surface area contributed by atoms with Crippen LogP contribution in [0.4, 0.5) is 11.4 Å². The van der Waals surface area contributed by atoms with Gasteiger partial charge in [-0.2, -0.15) is 0 Å². The summed E-state index contributed by atoms with van der Waals surface area (Å²) in [6.45, 7) is 5.26. The van der Waals surface area contributed by atoms with Crippen molar-refractivity contribution in [3.63, 3.8) is 0 Å². The molecule has 31 heavy (non-hydrogen) atoms. The molecule has 0 saturated carbocycles. The van der Waals surface area contributed by atoms with Crippen LogP contribution in [0.3, 0.4) is 0 Å². The number of rotatable bonds is 4. The van der Waals surface area contributed by atoms with Gasteiger partial charge in [0.2, 0.25) is 0 Å². The van der Waals surface area contributed by atoms with Gasteiger partial charge in [-0.05, 0) is 80.9 Å². The fraction of sp³-hybridized carbons (Fsp3) is 0.167. The Bertz CT molecular complexity index is 1170. The molecule has 0 aliphatic carbocycles. The third-order valence-corrected chi connectivity index (χ3v) is 5.07. The smallest absolute Gasteiger partial charge is 0.267 e. The molecule has 1 heterocycles. The third-order valence-electron chi connectivity index (χ3n) is 4.82. The molecule has 0 saturated heterocycles. The molecule has 4 rings (SSSR count). The predicted molar refractivity (Wildman–Crippen MR) is 120 cm³/mol. The Kier molecular flexibility index (Phi) is 5.33. The number of ether oxygens (including phenoxy) is 2. The van der Waals surface area contributed by atoms with E-state index in [9.17, 15) is 9.59 Å². The average molecular weight is 437 g/mol. The quantitative estimate of drug-likeness (QED) is 0.541. The highest BCUT2D eigenvalue weighted by Gasteiger charge is 2.31. The highest BCUT2D eigenvalue weighted by Crippen LogP contribution is 2.37. The predicted octanol–water partition coefficient (Wildman–Crippen LogP) is 5.80. The zero-order valence-corrected chi connectivity index (χ0v) is 18.0. The van der Waals surface area contributed by atoms with Gasteiger partial charge in [0.25, 0.3) is 11.8 Å². The summed E-state index contributed by atoms with van der Waals surface area (Å²) < 4.78 is 11.7. The summed E-state index contributed by atoms with van der Waals surface area (Å²) in [5.41, 5.74) is 1.22. The lowest BCUT2D eigenvalue weighted by molar-refractivity contribution is -0.128. The average Bonchev–Trinajstić information content (AvgIpc) is 2.85. The zero-order valence-electron chi connectivity index (χ0n) is 17.3. The first-order valence-electron chi connectivity index (χ1n) is 9.71. The number of carbonyl (C=O) groups excluding carboxylic acids is 2. The molecule has 0 bridgehead atoms. The number of anilines is 2. The van der Waals surface area contributed by atoms with Gasteiger partial charge in [-0.3, -0.25) is 9.59 Å². The van der Waals surface area contributed by atoms with Gasteiger partial charge in [-0.1, -0.05) is 17.7 Å². The Hall–Kier alpha value is -3.51. The van der Waals surface area contributed by atoms with Gasteiger partial charge in [0.15, 0.2) is 11.4 Å². The molecule has 3 aromatic carbocycles. The van der Waals surface area contributed by atoms with E-state index in [1.807, 2.05) is 25.1 Å². The van der Waals surface area contributed by atoms with E-state index in [0.29, 0.717) is 39.2 Å². The lowest BCUT2D eigenvalue weighted by atomic mass is 10.1. The lowest BCUT2D eigenvalue weighted by Crippen LogP contribution is -2.42. The second kappa shape index (κ2) is 7.96. The molecule has 158 valence electrons. The number of carbonyl (C=O) groups is 2. The van der Waals surface area contributed by atoms with Gasteiger partial charge < -0.3 is 20.1 Å². The maximum atomic E-state index is 12.8. The summed E-state index contributed by atoms with van der Waals surface area (Å²) in [6.07, 6.45) is 0. The molecule has 0 atom stereocenters.